The third kappa shape index (κ3) is 5.28. The Balaban J connectivity index is 1.72. The molecule has 0 radical (unpaired) electrons. The molecular weight excluding hydrogens is 482 g/mol. The predicted molar refractivity (Wildman–Crippen MR) is 137 cm³/mol. The van der Waals surface area contributed by atoms with E-state index in [0.717, 1.165) is 16.7 Å². The standard InChI is InChI=1S/C27H29NO5S2/c1-20-4-12-25(13-5-20)34(29,30)27-16-17-28(35(31,32)26-14-6-21(2)7-15-26)23(19-27)18-22-8-10-24(33-3)11-9-22/h4-17,23,27H,18-19H2,1-3H3/t23-,27?/m0/s1. The number of sulfonamides is 1. The van der Waals surface area contributed by atoms with Crippen LogP contribution in [0.5, 0.6) is 5.75 Å². The molecule has 0 saturated heterocycles. The van der Waals surface area contributed by atoms with E-state index in [1.165, 1.54) is 16.6 Å². The van der Waals surface area contributed by atoms with Gasteiger partial charge in [0.05, 0.1) is 28.2 Å². The molecular formula is C27H29NO5S2. The normalized spacial score (nSPS) is 18.4. The third-order valence-electron chi connectivity index (χ3n) is 6.29. The van der Waals surface area contributed by atoms with Gasteiger partial charge in [-0.2, -0.15) is 0 Å². The van der Waals surface area contributed by atoms with E-state index in [1.807, 2.05) is 38.1 Å². The molecule has 0 N–H and O–H groups in total. The Morgan fingerprint density at radius 3 is 1.89 bits per heavy atom. The minimum Gasteiger partial charge on any atom is -0.497 e. The smallest absolute Gasteiger partial charge is 0.264 e. The van der Waals surface area contributed by atoms with Crippen molar-refractivity contribution in [2.75, 3.05) is 7.11 Å². The summed E-state index contributed by atoms with van der Waals surface area (Å²) in [5.41, 5.74) is 2.81. The minimum absolute atomic E-state index is 0.143. The number of rotatable bonds is 7. The van der Waals surface area contributed by atoms with Crippen LogP contribution in [0.1, 0.15) is 23.1 Å². The highest BCUT2D eigenvalue weighted by molar-refractivity contribution is 7.92. The van der Waals surface area contributed by atoms with E-state index in [0.29, 0.717) is 12.2 Å². The van der Waals surface area contributed by atoms with E-state index in [9.17, 15) is 16.8 Å². The molecule has 0 aliphatic carbocycles. The summed E-state index contributed by atoms with van der Waals surface area (Å²) in [6.07, 6.45) is 3.41. The van der Waals surface area contributed by atoms with Gasteiger partial charge in [0.2, 0.25) is 0 Å². The van der Waals surface area contributed by atoms with Crippen LogP contribution in [0.2, 0.25) is 0 Å². The summed E-state index contributed by atoms with van der Waals surface area (Å²) in [6.45, 7) is 3.79. The van der Waals surface area contributed by atoms with E-state index in [4.69, 9.17) is 4.74 Å². The van der Waals surface area contributed by atoms with Crippen LogP contribution in [0.25, 0.3) is 0 Å². The lowest BCUT2D eigenvalue weighted by Gasteiger charge is -2.35. The van der Waals surface area contributed by atoms with Gasteiger partial charge in [-0.25, -0.2) is 16.8 Å². The molecule has 0 fully saturated rings. The van der Waals surface area contributed by atoms with Crippen LogP contribution in [0.3, 0.4) is 0 Å². The predicted octanol–water partition coefficient (Wildman–Crippen LogP) is 4.67. The monoisotopic (exact) mass is 511 g/mol. The summed E-state index contributed by atoms with van der Waals surface area (Å²) in [6, 6.07) is 20.2. The van der Waals surface area contributed by atoms with Gasteiger partial charge in [0.15, 0.2) is 9.84 Å². The van der Waals surface area contributed by atoms with Crippen molar-refractivity contribution in [3.8, 4) is 5.75 Å². The average molecular weight is 512 g/mol. The Hall–Kier alpha value is -3.10. The summed E-state index contributed by atoms with van der Waals surface area (Å²) in [7, 11) is -5.97. The number of hydrogen-bond donors (Lipinski definition) is 0. The number of aryl methyl sites for hydroxylation is 2. The van der Waals surface area contributed by atoms with E-state index >= 15 is 0 Å². The van der Waals surface area contributed by atoms with Gasteiger partial charge in [0.1, 0.15) is 5.75 Å². The van der Waals surface area contributed by atoms with Gasteiger partial charge >= 0.3 is 0 Å². The number of nitrogens with zero attached hydrogens (tertiary/aromatic N) is 1. The summed E-state index contributed by atoms with van der Waals surface area (Å²) < 4.78 is 60.5. The number of hydrogen-bond acceptors (Lipinski definition) is 5. The molecule has 4 rings (SSSR count). The topological polar surface area (TPSA) is 80.8 Å². The maximum Gasteiger partial charge on any atom is 0.264 e. The Morgan fingerprint density at radius 1 is 0.800 bits per heavy atom. The van der Waals surface area contributed by atoms with E-state index in [1.54, 1.807) is 55.6 Å². The van der Waals surface area contributed by atoms with E-state index in [-0.39, 0.29) is 16.2 Å². The highest BCUT2D eigenvalue weighted by atomic mass is 32.2. The summed E-state index contributed by atoms with van der Waals surface area (Å²) in [5.74, 6) is 0.696. The van der Waals surface area contributed by atoms with E-state index < -0.39 is 31.2 Å². The number of methoxy groups -OCH3 is 1. The van der Waals surface area contributed by atoms with Crippen LogP contribution >= 0.6 is 0 Å². The molecule has 0 bridgehead atoms. The highest BCUT2D eigenvalue weighted by Gasteiger charge is 2.38. The summed E-state index contributed by atoms with van der Waals surface area (Å²) in [5, 5.41) is -0.835. The molecule has 0 aromatic heterocycles. The number of benzene rings is 3. The fraction of sp³-hybridized carbons (Fsp3) is 0.259. The molecule has 1 heterocycles. The zero-order chi connectivity index (χ0) is 25.2. The van der Waals surface area contributed by atoms with Crippen LogP contribution in [0.15, 0.2) is 94.9 Å². The zero-order valence-electron chi connectivity index (χ0n) is 20.0. The first-order valence-electron chi connectivity index (χ1n) is 11.3. The average Bonchev–Trinajstić information content (AvgIpc) is 2.85. The van der Waals surface area contributed by atoms with Crippen molar-refractivity contribution in [2.24, 2.45) is 0 Å². The molecule has 3 aromatic rings. The van der Waals surface area contributed by atoms with Crippen molar-refractivity contribution in [3.63, 3.8) is 0 Å². The molecule has 0 saturated carbocycles. The Morgan fingerprint density at radius 2 is 1.34 bits per heavy atom. The molecule has 0 amide bonds. The van der Waals surface area contributed by atoms with Crippen LogP contribution < -0.4 is 4.74 Å². The number of ether oxygens (including phenoxy) is 1. The van der Waals surface area contributed by atoms with Crippen molar-refractivity contribution >= 4 is 19.9 Å². The van der Waals surface area contributed by atoms with Crippen molar-refractivity contribution in [3.05, 3.63) is 102 Å². The fourth-order valence-electron chi connectivity index (χ4n) is 4.20. The molecule has 3 aromatic carbocycles. The SMILES string of the molecule is COc1ccc(C[C@H]2CC(S(=O)(=O)c3ccc(C)cc3)C=CN2S(=O)(=O)c2ccc(C)cc2)cc1. The number of sulfone groups is 1. The van der Waals surface area contributed by atoms with Crippen molar-refractivity contribution in [1.29, 1.82) is 0 Å². The van der Waals surface area contributed by atoms with Gasteiger partial charge in [-0.05, 0) is 74.7 Å². The summed E-state index contributed by atoms with van der Waals surface area (Å²) >= 11 is 0. The quantitative estimate of drug-likeness (QED) is 0.460. The zero-order valence-corrected chi connectivity index (χ0v) is 21.6. The Kier molecular flexibility index (Phi) is 7.05. The Labute approximate surface area is 207 Å². The maximum atomic E-state index is 13.6. The first-order valence-corrected chi connectivity index (χ1v) is 14.3. The second kappa shape index (κ2) is 9.87. The van der Waals surface area contributed by atoms with Gasteiger partial charge in [-0.1, -0.05) is 47.5 Å². The van der Waals surface area contributed by atoms with E-state index in [2.05, 4.69) is 0 Å². The van der Waals surface area contributed by atoms with Crippen LogP contribution in [0, 0.1) is 13.8 Å². The lowest BCUT2D eigenvalue weighted by molar-refractivity contribution is 0.359. The van der Waals surface area contributed by atoms with Gasteiger partial charge in [-0.15, -0.1) is 0 Å². The van der Waals surface area contributed by atoms with Gasteiger partial charge in [0, 0.05) is 6.20 Å². The first-order chi connectivity index (χ1) is 16.6. The van der Waals surface area contributed by atoms with Crippen molar-refractivity contribution < 1.29 is 21.6 Å². The molecule has 184 valence electrons. The molecule has 1 aliphatic heterocycles. The molecule has 0 spiro atoms. The van der Waals surface area contributed by atoms with Gasteiger partial charge in [0.25, 0.3) is 10.0 Å². The van der Waals surface area contributed by atoms with Gasteiger partial charge < -0.3 is 4.74 Å². The highest BCUT2D eigenvalue weighted by Crippen LogP contribution is 2.32. The first kappa shape index (κ1) is 25.0. The van der Waals surface area contributed by atoms with Crippen LogP contribution in [0.4, 0.5) is 0 Å². The minimum atomic E-state index is -3.87. The fourth-order valence-corrected chi connectivity index (χ4v) is 7.33. The van der Waals surface area contributed by atoms with Crippen LogP contribution in [-0.2, 0) is 26.3 Å². The molecule has 2 atom stereocenters. The second-order valence-electron chi connectivity index (χ2n) is 8.83. The third-order valence-corrected chi connectivity index (χ3v) is 10.2. The second-order valence-corrected chi connectivity index (χ2v) is 12.8. The van der Waals surface area contributed by atoms with Crippen molar-refractivity contribution in [1.82, 2.24) is 4.31 Å². The largest absolute Gasteiger partial charge is 0.497 e. The lowest BCUT2D eigenvalue weighted by atomic mass is 10.00. The summed E-state index contributed by atoms with van der Waals surface area (Å²) in [4.78, 5) is 0.406. The molecule has 1 aliphatic rings. The lowest BCUT2D eigenvalue weighted by Crippen LogP contribution is -2.44. The molecule has 35 heavy (non-hydrogen) atoms. The van der Waals surface area contributed by atoms with Crippen molar-refractivity contribution in [2.45, 2.75) is 47.8 Å². The Bertz CT molecular complexity index is 1410. The van der Waals surface area contributed by atoms with Crippen LogP contribution in [-0.4, -0.2) is 39.5 Å². The van der Waals surface area contributed by atoms with Gasteiger partial charge in [-0.3, -0.25) is 4.31 Å². The maximum absolute atomic E-state index is 13.6. The molecule has 1 unspecified atom stereocenters. The molecule has 8 heteroatoms. The molecule has 6 nitrogen and oxygen atoms in total.